The molecule has 2 aromatic rings. The van der Waals surface area contributed by atoms with Gasteiger partial charge in [-0.1, -0.05) is 39.0 Å². The van der Waals surface area contributed by atoms with Crippen molar-refractivity contribution in [3.05, 3.63) is 65.2 Å². The molecule has 1 N–H and O–H groups in total. The number of nitrogens with zero attached hydrogens (tertiary/aromatic N) is 1. The average molecular weight is 432 g/mol. The number of carbonyl (C=O) groups is 2. The highest BCUT2D eigenvalue weighted by atomic mass is 19.4. The van der Waals surface area contributed by atoms with Crippen molar-refractivity contribution in [2.75, 3.05) is 18.4 Å². The number of piperidine rings is 1. The molecular formula is C24H27F3N2O2. The third-order valence-corrected chi connectivity index (χ3v) is 5.61. The molecule has 0 spiro atoms. The Morgan fingerprint density at radius 3 is 2.06 bits per heavy atom. The van der Waals surface area contributed by atoms with Gasteiger partial charge in [-0.05, 0) is 54.2 Å². The summed E-state index contributed by atoms with van der Waals surface area (Å²) in [5.41, 5.74) is 1.17. The van der Waals surface area contributed by atoms with E-state index in [0.29, 0.717) is 25.9 Å². The smallest absolute Gasteiger partial charge is 0.339 e. The summed E-state index contributed by atoms with van der Waals surface area (Å²) in [6.45, 7) is 7.04. The summed E-state index contributed by atoms with van der Waals surface area (Å²) in [5, 5.41) is 3.03. The Kier molecular flexibility index (Phi) is 6.43. The number of rotatable bonds is 3. The Labute approximate surface area is 180 Å². The molecule has 0 bridgehead atoms. The fourth-order valence-electron chi connectivity index (χ4n) is 3.81. The molecule has 1 fully saturated rings. The Balaban J connectivity index is 1.59. The van der Waals surface area contributed by atoms with Gasteiger partial charge in [0.15, 0.2) is 0 Å². The molecule has 0 unspecified atom stereocenters. The molecule has 7 heteroatoms. The van der Waals surface area contributed by atoms with Gasteiger partial charge < -0.3 is 10.2 Å². The fraction of sp³-hybridized carbons (Fsp3) is 0.417. The first-order valence-electron chi connectivity index (χ1n) is 10.3. The number of benzene rings is 2. The molecule has 4 nitrogen and oxygen atoms in total. The number of alkyl halides is 3. The number of halogens is 3. The molecule has 166 valence electrons. The molecule has 0 atom stereocenters. The van der Waals surface area contributed by atoms with E-state index in [1.807, 2.05) is 24.3 Å². The van der Waals surface area contributed by atoms with Crippen molar-refractivity contribution in [3.8, 4) is 0 Å². The van der Waals surface area contributed by atoms with Gasteiger partial charge in [0.25, 0.3) is 5.91 Å². The van der Waals surface area contributed by atoms with Crippen LogP contribution in [0.1, 0.15) is 55.1 Å². The summed E-state index contributed by atoms with van der Waals surface area (Å²) in [6.07, 6.45) is -3.41. The van der Waals surface area contributed by atoms with Gasteiger partial charge in [0.1, 0.15) is 0 Å². The first-order chi connectivity index (χ1) is 14.5. The third kappa shape index (κ3) is 5.46. The first kappa shape index (κ1) is 22.8. The summed E-state index contributed by atoms with van der Waals surface area (Å²) in [7, 11) is 0. The highest BCUT2D eigenvalue weighted by molar-refractivity contribution is 5.95. The van der Waals surface area contributed by atoms with Crippen molar-refractivity contribution < 1.29 is 22.8 Å². The Morgan fingerprint density at radius 2 is 1.52 bits per heavy atom. The summed E-state index contributed by atoms with van der Waals surface area (Å²) < 4.78 is 38.1. The number of amides is 2. The van der Waals surface area contributed by atoms with Crippen LogP contribution in [0.4, 0.5) is 18.9 Å². The van der Waals surface area contributed by atoms with E-state index in [1.54, 1.807) is 4.90 Å². The van der Waals surface area contributed by atoms with Gasteiger partial charge in [-0.15, -0.1) is 0 Å². The van der Waals surface area contributed by atoms with Crippen LogP contribution in [0.5, 0.6) is 0 Å². The minimum Gasteiger partial charge on any atom is -0.339 e. The van der Waals surface area contributed by atoms with Crippen LogP contribution in [-0.2, 0) is 16.4 Å². The Morgan fingerprint density at radius 1 is 0.935 bits per heavy atom. The quantitative estimate of drug-likeness (QED) is 0.697. The van der Waals surface area contributed by atoms with E-state index >= 15 is 0 Å². The standard InChI is InChI=1S/C24H27F3N2O2/c1-23(2,3)19-6-4-5-7-20(19)28-21(30)16-12-14-29(15-13-16)22(31)17-8-10-18(11-9-17)24(25,26)27/h4-11,16H,12-15H2,1-3H3,(H,28,30). The molecule has 1 aliphatic rings. The topological polar surface area (TPSA) is 49.4 Å². The number of hydrogen-bond donors (Lipinski definition) is 1. The van der Waals surface area contributed by atoms with Gasteiger partial charge in [-0.25, -0.2) is 0 Å². The van der Waals surface area contributed by atoms with Crippen LogP contribution in [0.3, 0.4) is 0 Å². The summed E-state index contributed by atoms with van der Waals surface area (Å²) in [6, 6.07) is 12.0. The van der Waals surface area contributed by atoms with Crippen molar-refractivity contribution in [2.24, 2.45) is 5.92 Å². The number of likely N-dealkylation sites (tertiary alicyclic amines) is 1. The molecule has 1 heterocycles. The van der Waals surface area contributed by atoms with E-state index in [4.69, 9.17) is 0 Å². The molecule has 2 amide bonds. The molecule has 31 heavy (non-hydrogen) atoms. The lowest BCUT2D eigenvalue weighted by atomic mass is 9.85. The summed E-state index contributed by atoms with van der Waals surface area (Å²) in [4.78, 5) is 27.0. The van der Waals surface area contributed by atoms with Crippen molar-refractivity contribution >= 4 is 17.5 Å². The van der Waals surface area contributed by atoms with Gasteiger partial charge in [-0.2, -0.15) is 13.2 Å². The van der Waals surface area contributed by atoms with E-state index in [2.05, 4.69) is 26.1 Å². The second kappa shape index (κ2) is 8.73. The highest BCUT2D eigenvalue weighted by Crippen LogP contribution is 2.31. The number of nitrogens with one attached hydrogen (secondary N) is 1. The van der Waals surface area contributed by atoms with Crippen molar-refractivity contribution in [1.29, 1.82) is 0 Å². The predicted octanol–water partition coefficient (Wildman–Crippen LogP) is 5.49. The average Bonchev–Trinajstić information content (AvgIpc) is 2.72. The normalized spacial score (nSPS) is 15.6. The maximum absolute atomic E-state index is 12.8. The molecule has 0 saturated carbocycles. The number of hydrogen-bond acceptors (Lipinski definition) is 2. The zero-order chi connectivity index (χ0) is 22.8. The lowest BCUT2D eigenvalue weighted by molar-refractivity contribution is -0.137. The van der Waals surface area contributed by atoms with Crippen LogP contribution in [-0.4, -0.2) is 29.8 Å². The van der Waals surface area contributed by atoms with Crippen LogP contribution in [0.15, 0.2) is 48.5 Å². The van der Waals surface area contributed by atoms with Crippen LogP contribution in [0, 0.1) is 5.92 Å². The minimum atomic E-state index is -4.43. The van der Waals surface area contributed by atoms with Gasteiger partial charge in [0.2, 0.25) is 5.91 Å². The fourth-order valence-corrected chi connectivity index (χ4v) is 3.81. The van der Waals surface area contributed by atoms with Crippen LogP contribution in [0.2, 0.25) is 0 Å². The van der Waals surface area contributed by atoms with Gasteiger partial charge in [0.05, 0.1) is 5.56 Å². The van der Waals surface area contributed by atoms with E-state index in [0.717, 1.165) is 23.4 Å². The maximum atomic E-state index is 12.8. The van der Waals surface area contributed by atoms with E-state index in [9.17, 15) is 22.8 Å². The zero-order valence-corrected chi connectivity index (χ0v) is 17.9. The predicted molar refractivity (Wildman–Crippen MR) is 114 cm³/mol. The molecule has 1 saturated heterocycles. The number of para-hydroxylation sites is 1. The largest absolute Gasteiger partial charge is 0.416 e. The second-order valence-electron chi connectivity index (χ2n) is 8.93. The SMILES string of the molecule is CC(C)(C)c1ccccc1NC(=O)C1CCN(C(=O)c2ccc(C(F)(F)F)cc2)CC1. The second-order valence-corrected chi connectivity index (χ2v) is 8.93. The van der Waals surface area contributed by atoms with Crippen molar-refractivity contribution in [3.63, 3.8) is 0 Å². The van der Waals surface area contributed by atoms with E-state index < -0.39 is 11.7 Å². The molecule has 0 aliphatic carbocycles. The van der Waals surface area contributed by atoms with Crippen LogP contribution < -0.4 is 5.32 Å². The van der Waals surface area contributed by atoms with Crippen LogP contribution >= 0.6 is 0 Å². The van der Waals surface area contributed by atoms with Crippen molar-refractivity contribution in [1.82, 2.24) is 4.90 Å². The van der Waals surface area contributed by atoms with Gasteiger partial charge in [-0.3, -0.25) is 9.59 Å². The molecular weight excluding hydrogens is 405 g/mol. The Bertz CT molecular complexity index is 939. The summed E-state index contributed by atoms with van der Waals surface area (Å²) >= 11 is 0. The van der Waals surface area contributed by atoms with E-state index in [-0.39, 0.29) is 28.7 Å². The van der Waals surface area contributed by atoms with Crippen molar-refractivity contribution in [2.45, 2.75) is 45.2 Å². The van der Waals surface area contributed by atoms with Gasteiger partial charge in [0, 0.05) is 30.3 Å². The first-order valence-corrected chi connectivity index (χ1v) is 10.3. The monoisotopic (exact) mass is 432 g/mol. The van der Waals surface area contributed by atoms with E-state index in [1.165, 1.54) is 12.1 Å². The third-order valence-electron chi connectivity index (χ3n) is 5.61. The highest BCUT2D eigenvalue weighted by Gasteiger charge is 2.32. The van der Waals surface area contributed by atoms with Gasteiger partial charge >= 0.3 is 6.18 Å². The molecule has 0 radical (unpaired) electrons. The lowest BCUT2D eigenvalue weighted by Gasteiger charge is -2.32. The molecule has 3 rings (SSSR count). The minimum absolute atomic E-state index is 0.0710. The number of anilines is 1. The molecule has 0 aromatic heterocycles. The molecule has 2 aromatic carbocycles. The lowest BCUT2D eigenvalue weighted by Crippen LogP contribution is -2.41. The zero-order valence-electron chi connectivity index (χ0n) is 17.9. The maximum Gasteiger partial charge on any atom is 0.416 e. The number of carbonyl (C=O) groups excluding carboxylic acids is 2. The Hall–Kier alpha value is -2.83. The summed E-state index contributed by atoms with van der Waals surface area (Å²) in [5.74, 6) is -0.603. The molecule has 1 aliphatic heterocycles. The van der Waals surface area contributed by atoms with Crippen LogP contribution in [0.25, 0.3) is 0 Å².